The first kappa shape index (κ1) is 14.2. The second kappa shape index (κ2) is 8.26. The number of benzene rings is 1. The van der Waals surface area contributed by atoms with Gasteiger partial charge < -0.3 is 10.4 Å². The van der Waals surface area contributed by atoms with Crippen molar-refractivity contribution in [2.75, 3.05) is 6.54 Å². The maximum atomic E-state index is 9.78. The Bertz CT molecular complexity index is 284. The molecule has 1 aromatic carbocycles. The molecule has 0 amide bonds. The van der Waals surface area contributed by atoms with Crippen molar-refractivity contribution >= 4 is 0 Å². The Hall–Kier alpha value is -0.860. The van der Waals surface area contributed by atoms with Gasteiger partial charge in [0.15, 0.2) is 0 Å². The first-order chi connectivity index (χ1) is 8.18. The number of nitrogens with one attached hydrogen (secondary N) is 1. The van der Waals surface area contributed by atoms with E-state index in [1.54, 1.807) is 0 Å². The van der Waals surface area contributed by atoms with E-state index in [9.17, 15) is 5.11 Å². The third-order valence-corrected chi connectivity index (χ3v) is 2.87. The SMILES string of the molecule is CC(C)CCCC(O)CNCc1ccccc1. The lowest BCUT2D eigenvalue weighted by atomic mass is 10.0. The minimum atomic E-state index is -0.211. The first-order valence-corrected chi connectivity index (χ1v) is 6.61. The van der Waals surface area contributed by atoms with Crippen molar-refractivity contribution in [3.8, 4) is 0 Å². The highest BCUT2D eigenvalue weighted by molar-refractivity contribution is 5.14. The molecule has 0 saturated heterocycles. The Morgan fingerprint density at radius 3 is 2.47 bits per heavy atom. The summed E-state index contributed by atoms with van der Waals surface area (Å²) in [6.07, 6.45) is 3.01. The van der Waals surface area contributed by atoms with Gasteiger partial charge in [-0.25, -0.2) is 0 Å². The maximum absolute atomic E-state index is 9.78. The topological polar surface area (TPSA) is 32.3 Å². The largest absolute Gasteiger partial charge is 0.392 e. The lowest BCUT2D eigenvalue weighted by Crippen LogP contribution is -2.26. The molecule has 0 bridgehead atoms. The Morgan fingerprint density at radius 2 is 1.82 bits per heavy atom. The quantitative estimate of drug-likeness (QED) is 0.726. The van der Waals surface area contributed by atoms with Crippen molar-refractivity contribution in [2.24, 2.45) is 5.92 Å². The number of hydrogen-bond donors (Lipinski definition) is 2. The fraction of sp³-hybridized carbons (Fsp3) is 0.600. The van der Waals surface area contributed by atoms with Crippen LogP contribution in [0.15, 0.2) is 30.3 Å². The Labute approximate surface area is 105 Å². The molecule has 2 nitrogen and oxygen atoms in total. The van der Waals surface area contributed by atoms with Gasteiger partial charge in [0.05, 0.1) is 6.10 Å². The fourth-order valence-corrected chi connectivity index (χ4v) is 1.84. The molecule has 1 unspecified atom stereocenters. The predicted molar refractivity (Wildman–Crippen MR) is 72.8 cm³/mol. The van der Waals surface area contributed by atoms with Crippen LogP contribution in [0.4, 0.5) is 0 Å². The molecule has 0 heterocycles. The van der Waals surface area contributed by atoms with Crippen molar-refractivity contribution in [3.63, 3.8) is 0 Å². The van der Waals surface area contributed by atoms with Gasteiger partial charge in [0.2, 0.25) is 0 Å². The number of hydrogen-bond acceptors (Lipinski definition) is 2. The van der Waals surface area contributed by atoms with Gasteiger partial charge in [0.25, 0.3) is 0 Å². The zero-order chi connectivity index (χ0) is 12.5. The highest BCUT2D eigenvalue weighted by Crippen LogP contribution is 2.08. The standard InChI is InChI=1S/C15H25NO/c1-13(2)7-6-10-15(17)12-16-11-14-8-4-3-5-9-14/h3-5,8-9,13,15-17H,6-7,10-12H2,1-2H3. The number of rotatable bonds is 8. The lowest BCUT2D eigenvalue weighted by molar-refractivity contribution is 0.156. The van der Waals surface area contributed by atoms with E-state index in [0.717, 1.165) is 25.3 Å². The Morgan fingerprint density at radius 1 is 1.12 bits per heavy atom. The van der Waals surface area contributed by atoms with Crippen LogP contribution in [0.5, 0.6) is 0 Å². The highest BCUT2D eigenvalue weighted by Gasteiger charge is 2.04. The van der Waals surface area contributed by atoms with Crippen LogP contribution in [0.1, 0.15) is 38.7 Å². The molecule has 0 aromatic heterocycles. The van der Waals surface area contributed by atoms with Gasteiger partial charge in [-0.1, -0.05) is 57.0 Å². The van der Waals surface area contributed by atoms with Crippen molar-refractivity contribution in [1.29, 1.82) is 0 Å². The molecule has 2 N–H and O–H groups in total. The molecule has 1 rings (SSSR count). The van der Waals surface area contributed by atoms with Gasteiger partial charge in [-0.2, -0.15) is 0 Å². The third-order valence-electron chi connectivity index (χ3n) is 2.87. The van der Waals surface area contributed by atoms with Crippen LogP contribution in [0.2, 0.25) is 0 Å². The zero-order valence-corrected chi connectivity index (χ0v) is 11.0. The summed E-state index contributed by atoms with van der Waals surface area (Å²) >= 11 is 0. The van der Waals surface area contributed by atoms with Crippen LogP contribution in [0.25, 0.3) is 0 Å². The average Bonchev–Trinajstić information content (AvgIpc) is 2.30. The maximum Gasteiger partial charge on any atom is 0.0664 e. The molecule has 0 radical (unpaired) electrons. The molecule has 2 heteroatoms. The molecule has 0 spiro atoms. The van der Waals surface area contributed by atoms with E-state index >= 15 is 0 Å². The summed E-state index contributed by atoms with van der Waals surface area (Å²) in [4.78, 5) is 0. The lowest BCUT2D eigenvalue weighted by Gasteiger charge is -2.12. The van der Waals surface area contributed by atoms with Gasteiger partial charge in [0.1, 0.15) is 0 Å². The molecule has 0 saturated carbocycles. The molecule has 0 aliphatic rings. The number of aliphatic hydroxyl groups excluding tert-OH is 1. The van der Waals surface area contributed by atoms with Crippen LogP contribution >= 0.6 is 0 Å². The Balaban J connectivity index is 2.06. The summed E-state index contributed by atoms with van der Waals surface area (Å²) < 4.78 is 0. The smallest absolute Gasteiger partial charge is 0.0664 e. The van der Waals surface area contributed by atoms with Crippen LogP contribution < -0.4 is 5.32 Å². The zero-order valence-electron chi connectivity index (χ0n) is 11.0. The van der Waals surface area contributed by atoms with Crippen LogP contribution in [-0.2, 0) is 6.54 Å². The van der Waals surface area contributed by atoms with E-state index in [2.05, 4.69) is 31.3 Å². The van der Waals surface area contributed by atoms with Gasteiger partial charge >= 0.3 is 0 Å². The van der Waals surface area contributed by atoms with E-state index in [0.29, 0.717) is 6.54 Å². The molecular weight excluding hydrogens is 210 g/mol. The number of aliphatic hydroxyl groups is 1. The Kier molecular flexibility index (Phi) is 6.90. The van der Waals surface area contributed by atoms with E-state index in [4.69, 9.17) is 0 Å². The monoisotopic (exact) mass is 235 g/mol. The second-order valence-electron chi connectivity index (χ2n) is 5.10. The third kappa shape index (κ3) is 7.14. The van der Waals surface area contributed by atoms with Gasteiger partial charge in [-0.3, -0.25) is 0 Å². The molecular formula is C15H25NO. The summed E-state index contributed by atoms with van der Waals surface area (Å²) in [6.45, 7) is 5.97. The first-order valence-electron chi connectivity index (χ1n) is 6.61. The average molecular weight is 235 g/mol. The van der Waals surface area contributed by atoms with Crippen molar-refractivity contribution < 1.29 is 5.11 Å². The second-order valence-corrected chi connectivity index (χ2v) is 5.10. The molecule has 96 valence electrons. The molecule has 1 atom stereocenters. The summed E-state index contributed by atoms with van der Waals surface area (Å²) in [5.41, 5.74) is 1.27. The normalized spacial score (nSPS) is 12.9. The molecule has 17 heavy (non-hydrogen) atoms. The van der Waals surface area contributed by atoms with Gasteiger partial charge in [-0.15, -0.1) is 0 Å². The fourth-order valence-electron chi connectivity index (χ4n) is 1.84. The molecule has 0 aliphatic carbocycles. The van der Waals surface area contributed by atoms with Gasteiger partial charge in [-0.05, 0) is 17.9 Å². The summed E-state index contributed by atoms with van der Waals surface area (Å²) in [7, 11) is 0. The highest BCUT2D eigenvalue weighted by atomic mass is 16.3. The van der Waals surface area contributed by atoms with E-state index in [1.165, 1.54) is 12.0 Å². The van der Waals surface area contributed by atoms with Gasteiger partial charge in [0, 0.05) is 13.1 Å². The van der Waals surface area contributed by atoms with Crippen LogP contribution in [-0.4, -0.2) is 17.8 Å². The van der Waals surface area contributed by atoms with E-state index in [-0.39, 0.29) is 6.10 Å². The van der Waals surface area contributed by atoms with Crippen LogP contribution in [0, 0.1) is 5.92 Å². The summed E-state index contributed by atoms with van der Waals surface area (Å²) in [5, 5.41) is 13.1. The molecule has 0 aliphatic heterocycles. The molecule has 0 fully saturated rings. The van der Waals surface area contributed by atoms with E-state index in [1.807, 2.05) is 18.2 Å². The van der Waals surface area contributed by atoms with E-state index < -0.39 is 0 Å². The minimum Gasteiger partial charge on any atom is -0.392 e. The summed E-state index contributed by atoms with van der Waals surface area (Å²) in [6, 6.07) is 10.3. The summed E-state index contributed by atoms with van der Waals surface area (Å²) in [5.74, 6) is 0.736. The molecule has 1 aromatic rings. The minimum absolute atomic E-state index is 0.211. The van der Waals surface area contributed by atoms with Crippen molar-refractivity contribution in [3.05, 3.63) is 35.9 Å². The van der Waals surface area contributed by atoms with Crippen molar-refractivity contribution in [1.82, 2.24) is 5.32 Å². The van der Waals surface area contributed by atoms with Crippen molar-refractivity contribution in [2.45, 2.75) is 45.8 Å². The van der Waals surface area contributed by atoms with Crippen LogP contribution in [0.3, 0.4) is 0 Å². The predicted octanol–water partition coefficient (Wildman–Crippen LogP) is 2.96.